The summed E-state index contributed by atoms with van der Waals surface area (Å²) < 4.78 is 6.28. The van der Waals surface area contributed by atoms with Crippen molar-refractivity contribution < 1.29 is 9.53 Å². The first-order valence-corrected chi connectivity index (χ1v) is 9.32. The van der Waals surface area contributed by atoms with Crippen LogP contribution < -0.4 is 0 Å². The van der Waals surface area contributed by atoms with E-state index in [-0.39, 0.29) is 5.60 Å². The molecule has 4 heteroatoms. The molecule has 1 aliphatic carbocycles. The molecular formula is C20H28N2O2. The van der Waals surface area contributed by atoms with E-state index in [0.717, 1.165) is 58.3 Å². The molecule has 1 aromatic carbocycles. The van der Waals surface area contributed by atoms with Crippen LogP contribution in [0.25, 0.3) is 0 Å². The van der Waals surface area contributed by atoms with Crippen molar-refractivity contribution >= 4 is 5.91 Å². The summed E-state index contributed by atoms with van der Waals surface area (Å²) in [6, 6.07) is 11.1. The molecule has 4 rings (SSSR count). The van der Waals surface area contributed by atoms with Crippen LogP contribution in [0.15, 0.2) is 30.3 Å². The Morgan fingerprint density at radius 2 is 1.96 bits per heavy atom. The van der Waals surface area contributed by atoms with Crippen LogP contribution in [0.4, 0.5) is 0 Å². The van der Waals surface area contributed by atoms with E-state index in [9.17, 15) is 4.79 Å². The fourth-order valence-electron chi connectivity index (χ4n) is 4.18. The third-order valence-electron chi connectivity index (χ3n) is 6.00. The van der Waals surface area contributed by atoms with Crippen LogP contribution in [-0.2, 0) is 16.1 Å². The maximum Gasteiger partial charge on any atom is 0.225 e. The van der Waals surface area contributed by atoms with E-state index in [1.54, 1.807) is 0 Å². The van der Waals surface area contributed by atoms with E-state index in [0.29, 0.717) is 17.9 Å². The number of likely N-dealkylation sites (N-methyl/N-ethyl adjacent to an activating group) is 1. The molecule has 130 valence electrons. The van der Waals surface area contributed by atoms with Gasteiger partial charge in [0.15, 0.2) is 0 Å². The van der Waals surface area contributed by atoms with Gasteiger partial charge in [-0.05, 0) is 44.7 Å². The summed E-state index contributed by atoms with van der Waals surface area (Å²) in [5, 5.41) is 0. The van der Waals surface area contributed by atoms with Gasteiger partial charge in [-0.1, -0.05) is 30.3 Å². The second-order valence-electron chi connectivity index (χ2n) is 7.85. The highest BCUT2D eigenvalue weighted by atomic mass is 16.5. The van der Waals surface area contributed by atoms with Gasteiger partial charge in [0.05, 0.1) is 12.2 Å². The average molecular weight is 328 g/mol. The van der Waals surface area contributed by atoms with Crippen molar-refractivity contribution in [3.05, 3.63) is 35.9 Å². The summed E-state index contributed by atoms with van der Waals surface area (Å²) in [5.74, 6) is 0.730. The third kappa shape index (κ3) is 3.35. The SMILES string of the molecule is CN(Cc1ccccc1)[C@H]1COC2(CCN(C(=O)C3CC3)CC2)C1. The summed E-state index contributed by atoms with van der Waals surface area (Å²) in [5.41, 5.74) is 1.36. The van der Waals surface area contributed by atoms with Crippen LogP contribution in [0, 0.1) is 5.92 Å². The van der Waals surface area contributed by atoms with Crippen molar-refractivity contribution in [2.45, 2.75) is 50.3 Å². The van der Waals surface area contributed by atoms with Crippen LogP contribution >= 0.6 is 0 Å². The van der Waals surface area contributed by atoms with E-state index >= 15 is 0 Å². The Morgan fingerprint density at radius 1 is 1.25 bits per heavy atom. The van der Waals surface area contributed by atoms with Crippen molar-refractivity contribution in [3.8, 4) is 0 Å². The number of hydrogen-bond acceptors (Lipinski definition) is 3. The van der Waals surface area contributed by atoms with Crippen molar-refractivity contribution in [2.75, 3.05) is 26.7 Å². The molecule has 2 aliphatic heterocycles. The third-order valence-corrected chi connectivity index (χ3v) is 6.00. The lowest BCUT2D eigenvalue weighted by atomic mass is 9.87. The maximum absolute atomic E-state index is 12.2. The Labute approximate surface area is 144 Å². The van der Waals surface area contributed by atoms with Gasteiger partial charge in [0.2, 0.25) is 5.91 Å². The van der Waals surface area contributed by atoms with E-state index in [1.165, 1.54) is 5.56 Å². The van der Waals surface area contributed by atoms with Gasteiger partial charge in [0.25, 0.3) is 0 Å². The van der Waals surface area contributed by atoms with Gasteiger partial charge in [-0.3, -0.25) is 9.69 Å². The van der Waals surface area contributed by atoms with Crippen molar-refractivity contribution in [2.24, 2.45) is 5.92 Å². The molecule has 0 N–H and O–H groups in total. The normalized spacial score (nSPS) is 26.2. The number of hydrogen-bond donors (Lipinski definition) is 0. The highest BCUT2D eigenvalue weighted by Crippen LogP contribution is 2.39. The minimum absolute atomic E-state index is 0.00987. The molecule has 0 aromatic heterocycles. The summed E-state index contributed by atoms with van der Waals surface area (Å²) in [7, 11) is 2.20. The Bertz CT molecular complexity index is 577. The number of carbonyl (C=O) groups is 1. The first-order valence-electron chi connectivity index (χ1n) is 9.32. The zero-order valence-electron chi connectivity index (χ0n) is 14.6. The minimum atomic E-state index is 0.00987. The predicted molar refractivity (Wildman–Crippen MR) is 93.5 cm³/mol. The lowest BCUT2D eigenvalue weighted by Gasteiger charge is -2.39. The predicted octanol–water partition coefficient (Wildman–Crippen LogP) is 2.68. The number of ether oxygens (including phenoxy) is 1. The van der Waals surface area contributed by atoms with E-state index in [1.807, 2.05) is 0 Å². The monoisotopic (exact) mass is 328 g/mol. The van der Waals surface area contributed by atoms with Gasteiger partial charge in [0.1, 0.15) is 0 Å². The van der Waals surface area contributed by atoms with Crippen LogP contribution in [0.5, 0.6) is 0 Å². The number of benzene rings is 1. The topological polar surface area (TPSA) is 32.8 Å². The quantitative estimate of drug-likeness (QED) is 0.852. The molecule has 0 bridgehead atoms. The lowest BCUT2D eigenvalue weighted by molar-refractivity contribution is -0.137. The first-order chi connectivity index (χ1) is 11.7. The Morgan fingerprint density at radius 3 is 2.62 bits per heavy atom. The summed E-state index contributed by atoms with van der Waals surface area (Å²) in [4.78, 5) is 16.7. The van der Waals surface area contributed by atoms with Crippen molar-refractivity contribution in [3.63, 3.8) is 0 Å². The molecule has 1 aromatic rings. The first kappa shape index (κ1) is 16.1. The molecule has 24 heavy (non-hydrogen) atoms. The zero-order chi connectivity index (χ0) is 16.6. The summed E-state index contributed by atoms with van der Waals surface area (Å²) in [6.07, 6.45) is 5.30. The fraction of sp³-hybridized carbons (Fsp3) is 0.650. The molecule has 2 saturated heterocycles. The summed E-state index contributed by atoms with van der Waals surface area (Å²) in [6.45, 7) is 3.55. The van der Waals surface area contributed by atoms with E-state index in [4.69, 9.17) is 4.74 Å². The smallest absolute Gasteiger partial charge is 0.225 e. The van der Waals surface area contributed by atoms with Crippen LogP contribution in [0.3, 0.4) is 0 Å². The molecule has 0 radical (unpaired) electrons. The maximum atomic E-state index is 12.2. The number of piperidine rings is 1. The van der Waals surface area contributed by atoms with Gasteiger partial charge in [-0.2, -0.15) is 0 Å². The van der Waals surface area contributed by atoms with Gasteiger partial charge in [-0.25, -0.2) is 0 Å². The highest BCUT2D eigenvalue weighted by molar-refractivity contribution is 5.81. The second kappa shape index (κ2) is 6.49. The van der Waals surface area contributed by atoms with Gasteiger partial charge < -0.3 is 9.64 Å². The second-order valence-corrected chi connectivity index (χ2v) is 7.85. The number of rotatable bonds is 4. The van der Waals surface area contributed by atoms with Gasteiger partial charge in [0, 0.05) is 31.6 Å². The Hall–Kier alpha value is -1.39. The van der Waals surface area contributed by atoms with Crippen molar-refractivity contribution in [1.29, 1.82) is 0 Å². The number of carbonyl (C=O) groups excluding carboxylic acids is 1. The molecule has 1 saturated carbocycles. The van der Waals surface area contributed by atoms with Crippen LogP contribution in [0.2, 0.25) is 0 Å². The Balaban J connectivity index is 1.30. The molecule has 3 aliphatic rings. The number of nitrogens with zero attached hydrogens (tertiary/aromatic N) is 2. The molecule has 4 nitrogen and oxygen atoms in total. The molecule has 1 spiro atoms. The minimum Gasteiger partial charge on any atom is -0.373 e. The molecule has 0 unspecified atom stereocenters. The summed E-state index contributed by atoms with van der Waals surface area (Å²) >= 11 is 0. The van der Waals surface area contributed by atoms with Gasteiger partial charge >= 0.3 is 0 Å². The molecule has 2 heterocycles. The fourth-order valence-corrected chi connectivity index (χ4v) is 4.18. The highest BCUT2D eigenvalue weighted by Gasteiger charge is 2.45. The molecule has 1 amide bonds. The molecular weight excluding hydrogens is 300 g/mol. The average Bonchev–Trinajstić information content (AvgIpc) is 3.38. The lowest BCUT2D eigenvalue weighted by Crippen LogP contribution is -2.47. The van der Waals surface area contributed by atoms with Gasteiger partial charge in [-0.15, -0.1) is 0 Å². The zero-order valence-corrected chi connectivity index (χ0v) is 14.6. The Kier molecular flexibility index (Phi) is 4.35. The largest absolute Gasteiger partial charge is 0.373 e. The van der Waals surface area contributed by atoms with E-state index in [2.05, 4.69) is 47.2 Å². The standard InChI is InChI=1S/C20H28N2O2/c1-21(14-16-5-3-2-4-6-16)18-13-20(24-15-18)9-11-22(12-10-20)19(23)17-7-8-17/h2-6,17-18H,7-15H2,1H3/t18-/m1/s1. The van der Waals surface area contributed by atoms with Crippen molar-refractivity contribution in [1.82, 2.24) is 9.80 Å². The van der Waals surface area contributed by atoms with Crippen LogP contribution in [-0.4, -0.2) is 54.1 Å². The number of likely N-dealkylation sites (tertiary alicyclic amines) is 1. The van der Waals surface area contributed by atoms with E-state index < -0.39 is 0 Å². The molecule has 3 fully saturated rings. The molecule has 1 atom stereocenters. The van der Waals surface area contributed by atoms with Crippen LogP contribution in [0.1, 0.15) is 37.7 Å². The number of amides is 1.